The highest BCUT2D eigenvalue weighted by Crippen LogP contribution is 2.36. The molecule has 0 N–H and O–H groups in total. The Kier molecular flexibility index (Phi) is 8.10. The van der Waals surface area contributed by atoms with Gasteiger partial charge in [-0.15, -0.1) is 0 Å². The van der Waals surface area contributed by atoms with Gasteiger partial charge < -0.3 is 4.90 Å². The molecule has 3 atom stereocenters. The minimum atomic E-state index is -0.137. The van der Waals surface area contributed by atoms with Crippen LogP contribution >= 0.6 is 0 Å². The molecule has 1 aliphatic heterocycles. The van der Waals surface area contributed by atoms with Gasteiger partial charge in [-0.1, -0.05) is 109 Å². The molecule has 3 unspecified atom stereocenters. The molecule has 0 spiro atoms. The summed E-state index contributed by atoms with van der Waals surface area (Å²) in [5.74, 6) is 0.965. The fourth-order valence-electron chi connectivity index (χ4n) is 6.20. The van der Waals surface area contributed by atoms with Gasteiger partial charge in [-0.05, 0) is 83.8 Å². The molecule has 3 aromatic rings. The maximum Gasteiger partial charge on any atom is 0.136 e. The highest BCUT2D eigenvalue weighted by Gasteiger charge is 2.26. The van der Waals surface area contributed by atoms with Gasteiger partial charge in [0, 0.05) is 24.1 Å². The molecule has 0 aromatic heterocycles. The number of rotatable bonds is 6. The molecule has 1 heterocycles. The van der Waals surface area contributed by atoms with E-state index in [1.807, 2.05) is 0 Å². The molecule has 0 saturated carbocycles. The molecule has 42 heavy (non-hydrogen) atoms. The molecular formula is C39H37BN2. The topological polar surface area (TPSA) is 15.6 Å². The average Bonchev–Trinajstić information content (AvgIpc) is 3.05. The van der Waals surface area contributed by atoms with E-state index in [1.54, 1.807) is 0 Å². The Labute approximate surface area is 252 Å². The van der Waals surface area contributed by atoms with Crippen LogP contribution in [0.2, 0.25) is 5.82 Å². The average molecular weight is 545 g/mol. The third-order valence-electron chi connectivity index (χ3n) is 8.64. The van der Waals surface area contributed by atoms with E-state index in [4.69, 9.17) is 12.8 Å². The Balaban J connectivity index is 1.39. The lowest BCUT2D eigenvalue weighted by molar-refractivity contribution is 0.435. The van der Waals surface area contributed by atoms with Crippen LogP contribution in [-0.2, 0) is 6.42 Å². The summed E-state index contributed by atoms with van der Waals surface area (Å²) in [5.41, 5.74) is 8.41. The number of aryl methyl sites for hydroxylation is 1. The van der Waals surface area contributed by atoms with Crippen molar-refractivity contribution in [1.82, 2.24) is 4.90 Å². The maximum absolute atomic E-state index is 6.73. The zero-order valence-electron chi connectivity index (χ0n) is 24.7. The number of benzene rings is 3. The van der Waals surface area contributed by atoms with Crippen molar-refractivity contribution in [3.05, 3.63) is 155 Å². The molecule has 3 heteroatoms. The van der Waals surface area contributed by atoms with Crippen molar-refractivity contribution in [3.63, 3.8) is 0 Å². The van der Waals surface area contributed by atoms with Crippen LogP contribution in [0.5, 0.6) is 0 Å². The summed E-state index contributed by atoms with van der Waals surface area (Å²) in [7, 11) is 8.87. The molecule has 2 nitrogen and oxygen atoms in total. The normalized spacial score (nSPS) is 22.0. The monoisotopic (exact) mass is 544 g/mol. The van der Waals surface area contributed by atoms with Gasteiger partial charge in [-0.2, -0.15) is 0 Å². The summed E-state index contributed by atoms with van der Waals surface area (Å²) in [6.45, 7) is 4.15. The number of nitrogens with zero attached hydrogens (tertiary/aromatic N) is 2. The summed E-state index contributed by atoms with van der Waals surface area (Å²) >= 11 is 0. The number of hydrogen-bond acceptors (Lipinski definition) is 2. The van der Waals surface area contributed by atoms with E-state index in [-0.39, 0.29) is 17.8 Å². The van der Waals surface area contributed by atoms with Crippen LogP contribution in [0.25, 0.3) is 22.5 Å². The lowest BCUT2D eigenvalue weighted by Gasteiger charge is -2.34. The van der Waals surface area contributed by atoms with Crippen LogP contribution in [0.1, 0.15) is 48.6 Å². The van der Waals surface area contributed by atoms with Crippen molar-refractivity contribution >= 4 is 36.2 Å². The molecule has 6 rings (SSSR count). The second-order valence-corrected chi connectivity index (χ2v) is 11.2. The number of hydrogen-bond donors (Lipinski definition) is 0. The largest absolute Gasteiger partial charge is 0.349 e. The summed E-state index contributed by atoms with van der Waals surface area (Å²) in [6.07, 6.45) is 26.0. The molecule has 0 fully saturated rings. The fourth-order valence-corrected chi connectivity index (χ4v) is 6.20. The van der Waals surface area contributed by atoms with Crippen molar-refractivity contribution in [2.24, 2.45) is 10.9 Å². The maximum atomic E-state index is 6.73. The van der Waals surface area contributed by atoms with E-state index in [9.17, 15) is 0 Å². The van der Waals surface area contributed by atoms with E-state index in [2.05, 4.69) is 153 Å². The van der Waals surface area contributed by atoms with Gasteiger partial charge in [0.1, 0.15) is 5.84 Å². The lowest BCUT2D eigenvalue weighted by Crippen LogP contribution is -2.34. The Bertz CT molecular complexity index is 1740. The first-order chi connectivity index (χ1) is 20.6. The Morgan fingerprint density at radius 3 is 2.69 bits per heavy atom. The van der Waals surface area contributed by atoms with E-state index in [1.165, 1.54) is 33.0 Å². The van der Waals surface area contributed by atoms with Crippen LogP contribution in [0, 0.1) is 5.92 Å². The zero-order valence-corrected chi connectivity index (χ0v) is 24.7. The van der Waals surface area contributed by atoms with E-state index >= 15 is 0 Å². The van der Waals surface area contributed by atoms with Crippen LogP contribution in [0.15, 0.2) is 138 Å². The van der Waals surface area contributed by atoms with E-state index < -0.39 is 0 Å². The van der Waals surface area contributed by atoms with Crippen molar-refractivity contribution < 1.29 is 0 Å². The van der Waals surface area contributed by atoms with Crippen LogP contribution in [-0.4, -0.2) is 25.6 Å². The number of allylic oxidation sites excluding steroid dienone is 9. The first-order valence-corrected chi connectivity index (χ1v) is 15.0. The Morgan fingerprint density at radius 2 is 1.86 bits per heavy atom. The van der Waals surface area contributed by atoms with Crippen molar-refractivity contribution in [2.75, 3.05) is 7.05 Å². The lowest BCUT2D eigenvalue weighted by atomic mass is 9.71. The summed E-state index contributed by atoms with van der Waals surface area (Å²) in [5, 5.41) is 2.49. The number of aliphatic imine (C=N–C) groups is 1. The molecule has 0 bridgehead atoms. The van der Waals surface area contributed by atoms with Gasteiger partial charge >= 0.3 is 0 Å². The minimum Gasteiger partial charge on any atom is -0.349 e. The molecular weight excluding hydrogens is 507 g/mol. The van der Waals surface area contributed by atoms with E-state index in [0.29, 0.717) is 0 Å². The summed E-state index contributed by atoms with van der Waals surface area (Å²) < 4.78 is 0. The van der Waals surface area contributed by atoms with Gasteiger partial charge in [-0.3, -0.25) is 0 Å². The molecule has 3 aliphatic rings. The quantitative estimate of drug-likeness (QED) is 0.223. The summed E-state index contributed by atoms with van der Waals surface area (Å²) in [6, 6.07) is 22.2. The predicted molar refractivity (Wildman–Crippen MR) is 182 cm³/mol. The second-order valence-electron chi connectivity index (χ2n) is 11.2. The van der Waals surface area contributed by atoms with Crippen LogP contribution in [0.4, 0.5) is 0 Å². The smallest absolute Gasteiger partial charge is 0.136 e. The predicted octanol–water partition coefficient (Wildman–Crippen LogP) is 9.37. The molecule has 2 radical (unpaired) electrons. The fraction of sp³-hybridized carbons (Fsp3) is 0.205. The second kappa shape index (κ2) is 12.2. The van der Waals surface area contributed by atoms with Gasteiger partial charge in [0.15, 0.2) is 0 Å². The van der Waals surface area contributed by atoms with Crippen LogP contribution < -0.4 is 0 Å². The molecule has 0 saturated heterocycles. The SMILES string of the molecule is [B]C(C=CC(=CC)C1=NC(c2ccc3c(c2)CCC=C3)=CC(c2ccc3ccccc3c2)N1C)C1C=CC=CC1=CC. The third kappa shape index (κ3) is 5.57. The van der Waals surface area contributed by atoms with Crippen molar-refractivity contribution in [2.45, 2.75) is 38.5 Å². The molecule has 206 valence electrons. The molecule has 0 amide bonds. The van der Waals surface area contributed by atoms with Crippen molar-refractivity contribution in [3.8, 4) is 0 Å². The summed E-state index contributed by atoms with van der Waals surface area (Å²) in [4.78, 5) is 7.59. The Morgan fingerprint density at radius 1 is 1.00 bits per heavy atom. The van der Waals surface area contributed by atoms with E-state index in [0.717, 1.165) is 35.5 Å². The van der Waals surface area contributed by atoms with Crippen LogP contribution in [0.3, 0.4) is 0 Å². The first kappa shape index (κ1) is 27.8. The van der Waals surface area contributed by atoms with Gasteiger partial charge in [0.2, 0.25) is 0 Å². The zero-order chi connectivity index (χ0) is 29.1. The molecule has 3 aromatic carbocycles. The minimum absolute atomic E-state index is 0.0334. The Hall–Kier alpha value is -4.37. The number of fused-ring (bicyclic) bond motifs is 2. The van der Waals surface area contributed by atoms with Gasteiger partial charge in [-0.25, -0.2) is 4.99 Å². The first-order valence-electron chi connectivity index (χ1n) is 15.0. The third-order valence-corrected chi connectivity index (χ3v) is 8.64. The van der Waals surface area contributed by atoms with Gasteiger partial charge in [0.05, 0.1) is 19.6 Å². The highest BCUT2D eigenvalue weighted by molar-refractivity contribution is 6.14. The van der Waals surface area contributed by atoms with Gasteiger partial charge in [0.25, 0.3) is 0 Å². The highest BCUT2D eigenvalue weighted by atomic mass is 15.2. The number of likely N-dealkylation sites (N-methyl/N-ethyl adjacent to an activating group) is 1. The molecule has 2 aliphatic carbocycles. The van der Waals surface area contributed by atoms with Crippen molar-refractivity contribution in [1.29, 1.82) is 0 Å². The number of amidine groups is 1. The standard InChI is InChI=1S/C39H37BN2/c1-4-27-12-10-11-17-35(27)36(40)23-22-28(5-2)39-41-37(33-20-18-29-13-6-8-15-31(29)24-33)26-38(42(39)3)34-21-19-30-14-7-9-16-32(30)25-34/h4-7,9-14,16-26,35-36,38H,8,15H2,1-3H3.